The molecule has 7 heteroatoms. The molecule has 2 heterocycles. The van der Waals surface area contributed by atoms with Crippen LogP contribution in [0, 0.1) is 5.92 Å². The molecule has 3 rings (SSSR count). The predicted molar refractivity (Wildman–Crippen MR) is 113 cm³/mol. The average molecular weight is 394 g/mol. The Balaban J connectivity index is 1.90. The molecule has 1 aromatic carbocycles. The van der Waals surface area contributed by atoms with E-state index in [9.17, 15) is 14.4 Å². The monoisotopic (exact) mass is 394 g/mol. The Morgan fingerprint density at radius 2 is 1.90 bits per heavy atom. The third-order valence-electron chi connectivity index (χ3n) is 5.05. The van der Waals surface area contributed by atoms with Crippen LogP contribution in [-0.4, -0.2) is 20.4 Å². The highest BCUT2D eigenvalue weighted by Crippen LogP contribution is 2.23. The molecule has 0 aliphatic heterocycles. The third-order valence-corrected chi connectivity index (χ3v) is 5.05. The first kappa shape index (κ1) is 20.5. The van der Waals surface area contributed by atoms with Gasteiger partial charge in [0.2, 0.25) is 0 Å². The molecule has 2 aromatic heterocycles. The SMILES string of the molecule is CCCc1ccc(C(NC(=O)c2cnc3c(c2)c(=O)[nH]c(=O)n3C)C(C)C)cc1. The van der Waals surface area contributed by atoms with Crippen molar-refractivity contribution in [3.05, 3.63) is 74.1 Å². The number of amides is 1. The van der Waals surface area contributed by atoms with E-state index < -0.39 is 11.2 Å². The number of hydrogen-bond donors (Lipinski definition) is 2. The number of hydrogen-bond acceptors (Lipinski definition) is 4. The summed E-state index contributed by atoms with van der Waals surface area (Å²) in [7, 11) is 1.52. The summed E-state index contributed by atoms with van der Waals surface area (Å²) in [5, 5.41) is 3.25. The van der Waals surface area contributed by atoms with Crippen molar-refractivity contribution in [2.24, 2.45) is 13.0 Å². The second-order valence-corrected chi connectivity index (χ2v) is 7.60. The zero-order valence-electron chi connectivity index (χ0n) is 17.2. The molecule has 3 aromatic rings. The fourth-order valence-electron chi connectivity index (χ4n) is 3.40. The van der Waals surface area contributed by atoms with Gasteiger partial charge < -0.3 is 5.32 Å². The molecule has 1 unspecified atom stereocenters. The Morgan fingerprint density at radius 1 is 1.21 bits per heavy atom. The van der Waals surface area contributed by atoms with Gasteiger partial charge >= 0.3 is 5.69 Å². The Bertz CT molecular complexity index is 1140. The number of aromatic amines is 1. The Kier molecular flexibility index (Phi) is 5.96. The molecule has 29 heavy (non-hydrogen) atoms. The maximum atomic E-state index is 12.9. The fourth-order valence-corrected chi connectivity index (χ4v) is 3.40. The molecule has 0 radical (unpaired) electrons. The van der Waals surface area contributed by atoms with Crippen LogP contribution in [0.15, 0.2) is 46.1 Å². The zero-order valence-corrected chi connectivity index (χ0v) is 17.2. The van der Waals surface area contributed by atoms with Gasteiger partial charge in [-0.15, -0.1) is 0 Å². The lowest BCUT2D eigenvalue weighted by Gasteiger charge is -2.23. The van der Waals surface area contributed by atoms with E-state index in [1.165, 1.54) is 29.4 Å². The van der Waals surface area contributed by atoms with Crippen LogP contribution in [0.5, 0.6) is 0 Å². The van der Waals surface area contributed by atoms with Crippen LogP contribution < -0.4 is 16.6 Å². The van der Waals surface area contributed by atoms with Gasteiger partial charge in [-0.25, -0.2) is 9.78 Å². The average Bonchev–Trinajstić information content (AvgIpc) is 2.70. The summed E-state index contributed by atoms with van der Waals surface area (Å²) in [6.45, 7) is 6.24. The molecular weight excluding hydrogens is 368 g/mol. The number of carbonyl (C=O) groups excluding carboxylic acids is 1. The first-order valence-electron chi connectivity index (χ1n) is 9.80. The van der Waals surface area contributed by atoms with E-state index in [0.29, 0.717) is 0 Å². The van der Waals surface area contributed by atoms with Crippen molar-refractivity contribution in [3.8, 4) is 0 Å². The third kappa shape index (κ3) is 4.29. The van der Waals surface area contributed by atoms with Crippen molar-refractivity contribution < 1.29 is 4.79 Å². The van der Waals surface area contributed by atoms with Gasteiger partial charge in [0, 0.05) is 13.2 Å². The van der Waals surface area contributed by atoms with Gasteiger partial charge in [-0.05, 0) is 29.5 Å². The topological polar surface area (TPSA) is 96.8 Å². The van der Waals surface area contributed by atoms with Crippen LogP contribution in [0.1, 0.15) is 54.7 Å². The van der Waals surface area contributed by atoms with E-state index in [4.69, 9.17) is 0 Å². The summed E-state index contributed by atoms with van der Waals surface area (Å²) < 4.78 is 1.24. The van der Waals surface area contributed by atoms with E-state index in [1.807, 2.05) is 13.8 Å². The minimum absolute atomic E-state index is 0.174. The molecule has 0 spiro atoms. The molecule has 7 nitrogen and oxygen atoms in total. The van der Waals surface area contributed by atoms with Crippen LogP contribution in [0.3, 0.4) is 0 Å². The van der Waals surface area contributed by atoms with Gasteiger partial charge in [0.05, 0.1) is 17.0 Å². The molecule has 0 aliphatic carbocycles. The van der Waals surface area contributed by atoms with Gasteiger partial charge in [0.15, 0.2) is 0 Å². The Morgan fingerprint density at radius 3 is 2.52 bits per heavy atom. The molecule has 0 saturated heterocycles. The molecule has 1 amide bonds. The summed E-state index contributed by atoms with van der Waals surface area (Å²) in [5.41, 5.74) is 1.71. The second kappa shape index (κ2) is 8.43. The number of fused-ring (bicyclic) bond motifs is 1. The van der Waals surface area contributed by atoms with Crippen LogP contribution in [0.2, 0.25) is 0 Å². The zero-order chi connectivity index (χ0) is 21.1. The number of pyridine rings is 1. The maximum absolute atomic E-state index is 12.9. The number of nitrogens with one attached hydrogen (secondary N) is 2. The van der Waals surface area contributed by atoms with Crippen molar-refractivity contribution in [1.29, 1.82) is 0 Å². The summed E-state index contributed by atoms with van der Waals surface area (Å²) in [5.74, 6) is -0.141. The van der Waals surface area contributed by atoms with Gasteiger partial charge in [-0.1, -0.05) is 51.5 Å². The number of benzene rings is 1. The van der Waals surface area contributed by atoms with Crippen molar-refractivity contribution >= 4 is 16.9 Å². The lowest BCUT2D eigenvalue weighted by Crippen LogP contribution is -2.32. The summed E-state index contributed by atoms with van der Waals surface area (Å²) >= 11 is 0. The summed E-state index contributed by atoms with van der Waals surface area (Å²) in [6.07, 6.45) is 3.50. The Hall–Kier alpha value is -3.22. The lowest BCUT2D eigenvalue weighted by atomic mass is 9.94. The highest BCUT2D eigenvalue weighted by Gasteiger charge is 2.20. The van der Waals surface area contributed by atoms with Crippen molar-refractivity contribution in [2.75, 3.05) is 0 Å². The largest absolute Gasteiger partial charge is 0.345 e. The van der Waals surface area contributed by atoms with Gasteiger partial charge in [-0.2, -0.15) is 0 Å². The smallest absolute Gasteiger partial charge is 0.329 e. The molecule has 1 atom stereocenters. The fraction of sp³-hybridized carbons (Fsp3) is 0.364. The first-order valence-corrected chi connectivity index (χ1v) is 9.80. The second-order valence-electron chi connectivity index (χ2n) is 7.60. The number of rotatable bonds is 6. The van der Waals surface area contributed by atoms with Crippen LogP contribution >= 0.6 is 0 Å². The maximum Gasteiger partial charge on any atom is 0.329 e. The first-order chi connectivity index (χ1) is 13.8. The minimum atomic E-state index is -0.558. The van der Waals surface area contributed by atoms with E-state index in [2.05, 4.69) is 46.5 Å². The standard InChI is InChI=1S/C22H26N4O3/c1-5-6-14-7-9-15(10-8-14)18(13(2)3)24-20(27)16-11-17-19(23-12-16)26(4)22(29)25-21(17)28/h7-13,18H,5-6H2,1-4H3,(H,24,27)(H,25,28,29). The predicted octanol–water partition coefficient (Wildman–Crippen LogP) is 2.70. The van der Waals surface area contributed by atoms with Crippen LogP contribution in [0.4, 0.5) is 0 Å². The molecule has 0 saturated carbocycles. The quantitative estimate of drug-likeness (QED) is 0.672. The normalized spacial score (nSPS) is 12.3. The molecular formula is C22H26N4O3. The van der Waals surface area contributed by atoms with Gasteiger partial charge in [-0.3, -0.25) is 19.1 Å². The van der Waals surface area contributed by atoms with Crippen LogP contribution in [0.25, 0.3) is 11.0 Å². The highest BCUT2D eigenvalue weighted by molar-refractivity contribution is 5.96. The molecule has 0 aliphatic rings. The number of aryl methyl sites for hydroxylation is 2. The molecule has 2 N–H and O–H groups in total. The summed E-state index contributed by atoms with van der Waals surface area (Å²) in [4.78, 5) is 43.1. The van der Waals surface area contributed by atoms with E-state index in [-0.39, 0.29) is 34.5 Å². The van der Waals surface area contributed by atoms with Gasteiger partial charge in [0.1, 0.15) is 5.65 Å². The number of H-pyrrole nitrogens is 1. The van der Waals surface area contributed by atoms with Crippen molar-refractivity contribution in [2.45, 2.75) is 39.7 Å². The van der Waals surface area contributed by atoms with E-state index >= 15 is 0 Å². The van der Waals surface area contributed by atoms with Crippen molar-refractivity contribution in [3.63, 3.8) is 0 Å². The number of carbonyl (C=O) groups is 1. The molecule has 152 valence electrons. The minimum Gasteiger partial charge on any atom is -0.345 e. The molecule has 0 bridgehead atoms. The summed E-state index contributed by atoms with van der Waals surface area (Å²) in [6, 6.07) is 9.59. The van der Waals surface area contributed by atoms with Gasteiger partial charge in [0.25, 0.3) is 11.5 Å². The lowest BCUT2D eigenvalue weighted by molar-refractivity contribution is 0.0925. The van der Waals surface area contributed by atoms with Crippen molar-refractivity contribution in [1.82, 2.24) is 19.9 Å². The molecule has 0 fully saturated rings. The van der Waals surface area contributed by atoms with E-state index in [1.54, 1.807) is 0 Å². The number of nitrogens with zero attached hydrogens (tertiary/aromatic N) is 2. The Labute approximate surface area is 168 Å². The van der Waals surface area contributed by atoms with Crippen LogP contribution in [-0.2, 0) is 13.5 Å². The van der Waals surface area contributed by atoms with E-state index in [0.717, 1.165) is 18.4 Å². The highest BCUT2D eigenvalue weighted by atomic mass is 16.2. The number of aromatic nitrogens is 3.